The maximum atomic E-state index is 11.8. The molecule has 2 aromatic carbocycles. The summed E-state index contributed by atoms with van der Waals surface area (Å²) in [6, 6.07) is 12.3. The third-order valence-electron chi connectivity index (χ3n) is 5.32. The number of aryl methyl sites for hydroxylation is 1. The smallest absolute Gasteiger partial charge is 0.152 e. The average molecular weight is 444 g/mol. The SMILES string of the molecule is Cc1nn(C2CCS(=O)(=O)C2)c(Cl)c1/C=C/c1nc2c(ccc3ccccc32)s1. The van der Waals surface area contributed by atoms with Crippen LogP contribution in [-0.2, 0) is 9.84 Å². The van der Waals surface area contributed by atoms with Crippen molar-refractivity contribution >= 4 is 65.9 Å². The van der Waals surface area contributed by atoms with Crippen molar-refractivity contribution in [2.45, 2.75) is 19.4 Å². The Balaban J connectivity index is 1.50. The van der Waals surface area contributed by atoms with Gasteiger partial charge in [-0.25, -0.2) is 18.1 Å². The zero-order chi connectivity index (χ0) is 20.2. The fraction of sp³-hybridized carbons (Fsp3) is 0.238. The molecule has 1 fully saturated rings. The lowest BCUT2D eigenvalue weighted by atomic mass is 10.1. The van der Waals surface area contributed by atoms with Crippen molar-refractivity contribution in [1.82, 2.24) is 14.8 Å². The maximum Gasteiger partial charge on any atom is 0.152 e. The Morgan fingerprint density at radius 1 is 1.21 bits per heavy atom. The quantitative estimate of drug-likeness (QED) is 0.440. The summed E-state index contributed by atoms with van der Waals surface area (Å²) < 4.78 is 26.4. The van der Waals surface area contributed by atoms with Crippen LogP contribution < -0.4 is 0 Å². The first-order valence-electron chi connectivity index (χ1n) is 9.33. The molecule has 1 saturated heterocycles. The molecule has 1 aliphatic heterocycles. The third kappa shape index (κ3) is 3.37. The fourth-order valence-electron chi connectivity index (χ4n) is 3.84. The minimum absolute atomic E-state index is 0.0991. The molecule has 148 valence electrons. The van der Waals surface area contributed by atoms with Crippen LogP contribution in [0.25, 0.3) is 33.1 Å². The number of halogens is 1. The molecule has 8 heteroatoms. The monoisotopic (exact) mass is 443 g/mol. The molecule has 0 bridgehead atoms. The van der Waals surface area contributed by atoms with E-state index in [1.165, 1.54) is 5.39 Å². The van der Waals surface area contributed by atoms with E-state index in [2.05, 4.69) is 29.4 Å². The van der Waals surface area contributed by atoms with Crippen molar-refractivity contribution in [3.05, 3.63) is 57.8 Å². The highest BCUT2D eigenvalue weighted by atomic mass is 35.5. The zero-order valence-electron chi connectivity index (χ0n) is 15.7. The summed E-state index contributed by atoms with van der Waals surface area (Å²) in [6.45, 7) is 1.89. The predicted octanol–water partition coefficient (Wildman–Crippen LogP) is 5.14. The van der Waals surface area contributed by atoms with Crippen LogP contribution >= 0.6 is 22.9 Å². The second-order valence-electron chi connectivity index (χ2n) is 7.31. The largest absolute Gasteiger partial charge is 0.249 e. The van der Waals surface area contributed by atoms with Gasteiger partial charge in [0.2, 0.25) is 0 Å². The van der Waals surface area contributed by atoms with E-state index in [4.69, 9.17) is 16.6 Å². The number of hydrogen-bond acceptors (Lipinski definition) is 5. The lowest BCUT2D eigenvalue weighted by Gasteiger charge is -2.09. The van der Waals surface area contributed by atoms with Crippen molar-refractivity contribution in [3.63, 3.8) is 0 Å². The normalized spacial score (nSPS) is 19.0. The minimum Gasteiger partial charge on any atom is -0.249 e. The lowest BCUT2D eigenvalue weighted by molar-refractivity contribution is 0.497. The second-order valence-corrected chi connectivity index (χ2v) is 11.0. The summed E-state index contributed by atoms with van der Waals surface area (Å²) in [4.78, 5) is 4.80. The standard InChI is InChI=1S/C21H18ClN3O2S2/c1-13-16(21(22)25(24-13)15-10-11-29(26,27)12-15)7-9-19-23-20-17-5-3-2-4-14(17)6-8-18(20)28-19/h2-9,15H,10-12H2,1H3/b9-7+. The summed E-state index contributed by atoms with van der Waals surface area (Å²) in [5.41, 5.74) is 2.59. The van der Waals surface area contributed by atoms with Gasteiger partial charge in [-0.2, -0.15) is 5.10 Å². The van der Waals surface area contributed by atoms with Crippen LogP contribution in [-0.4, -0.2) is 34.7 Å². The van der Waals surface area contributed by atoms with Crippen LogP contribution in [0.1, 0.15) is 28.7 Å². The molecule has 1 atom stereocenters. The Labute approximate surface area is 177 Å². The van der Waals surface area contributed by atoms with Crippen LogP contribution in [0.4, 0.5) is 0 Å². The Bertz CT molecular complexity index is 1390. The molecule has 0 amide bonds. The van der Waals surface area contributed by atoms with Gasteiger partial charge in [0, 0.05) is 10.9 Å². The first-order valence-corrected chi connectivity index (χ1v) is 12.3. The van der Waals surface area contributed by atoms with E-state index < -0.39 is 9.84 Å². The van der Waals surface area contributed by atoms with E-state index in [-0.39, 0.29) is 17.5 Å². The van der Waals surface area contributed by atoms with Gasteiger partial charge >= 0.3 is 0 Å². The van der Waals surface area contributed by atoms with Gasteiger partial charge in [-0.3, -0.25) is 0 Å². The molecule has 5 rings (SSSR count). The molecule has 0 spiro atoms. The molecular weight excluding hydrogens is 426 g/mol. The number of sulfone groups is 1. The van der Waals surface area contributed by atoms with Crippen LogP contribution in [0.15, 0.2) is 36.4 Å². The fourth-order valence-corrected chi connectivity index (χ4v) is 6.79. The van der Waals surface area contributed by atoms with Gasteiger partial charge in [-0.15, -0.1) is 11.3 Å². The highest BCUT2D eigenvalue weighted by Gasteiger charge is 2.31. The van der Waals surface area contributed by atoms with E-state index >= 15 is 0 Å². The summed E-state index contributed by atoms with van der Waals surface area (Å²) in [6.07, 6.45) is 4.42. The Morgan fingerprint density at radius 3 is 2.83 bits per heavy atom. The topological polar surface area (TPSA) is 64.8 Å². The predicted molar refractivity (Wildman–Crippen MR) is 120 cm³/mol. The number of thiazole rings is 1. The molecule has 1 unspecified atom stereocenters. The van der Waals surface area contributed by atoms with Crippen molar-refractivity contribution < 1.29 is 8.42 Å². The molecule has 0 aliphatic carbocycles. The number of benzene rings is 2. The molecule has 29 heavy (non-hydrogen) atoms. The molecule has 0 saturated carbocycles. The van der Waals surface area contributed by atoms with Gasteiger partial charge in [0.05, 0.1) is 33.5 Å². The summed E-state index contributed by atoms with van der Waals surface area (Å²) in [5, 5.41) is 8.19. The molecule has 0 N–H and O–H groups in total. The van der Waals surface area contributed by atoms with Gasteiger partial charge in [0.1, 0.15) is 10.2 Å². The van der Waals surface area contributed by atoms with Crippen LogP contribution in [0.3, 0.4) is 0 Å². The summed E-state index contributed by atoms with van der Waals surface area (Å²) in [7, 11) is -3.00. The second kappa shape index (κ2) is 6.93. The summed E-state index contributed by atoms with van der Waals surface area (Å²) >= 11 is 8.19. The van der Waals surface area contributed by atoms with Crippen molar-refractivity contribution in [2.75, 3.05) is 11.5 Å². The van der Waals surface area contributed by atoms with E-state index in [0.29, 0.717) is 11.6 Å². The van der Waals surface area contributed by atoms with E-state index in [1.54, 1.807) is 16.0 Å². The molecule has 3 heterocycles. The third-order valence-corrected chi connectivity index (χ3v) is 8.43. The summed E-state index contributed by atoms with van der Waals surface area (Å²) in [5.74, 6) is 0.291. The van der Waals surface area contributed by atoms with E-state index in [9.17, 15) is 8.42 Å². The van der Waals surface area contributed by atoms with Gasteiger partial charge in [0.25, 0.3) is 0 Å². The maximum absolute atomic E-state index is 11.8. The van der Waals surface area contributed by atoms with Crippen molar-refractivity contribution in [1.29, 1.82) is 0 Å². The highest BCUT2D eigenvalue weighted by molar-refractivity contribution is 7.91. The zero-order valence-corrected chi connectivity index (χ0v) is 18.1. The minimum atomic E-state index is -3.00. The van der Waals surface area contributed by atoms with Crippen LogP contribution in [0.2, 0.25) is 5.15 Å². The molecule has 2 aromatic heterocycles. The van der Waals surface area contributed by atoms with Crippen LogP contribution in [0, 0.1) is 6.92 Å². The molecular formula is C21H18ClN3O2S2. The average Bonchev–Trinajstić information content (AvgIpc) is 3.35. The number of nitrogens with zero attached hydrogens (tertiary/aromatic N) is 3. The van der Waals surface area contributed by atoms with Gasteiger partial charge in [0.15, 0.2) is 9.84 Å². The van der Waals surface area contributed by atoms with Gasteiger partial charge < -0.3 is 0 Å². The number of aromatic nitrogens is 3. The molecule has 4 aromatic rings. The van der Waals surface area contributed by atoms with Gasteiger partial charge in [-0.05, 0) is 36.9 Å². The van der Waals surface area contributed by atoms with Crippen molar-refractivity contribution in [3.8, 4) is 0 Å². The molecule has 0 radical (unpaired) electrons. The van der Waals surface area contributed by atoms with E-state index in [0.717, 1.165) is 31.9 Å². The first-order chi connectivity index (χ1) is 13.9. The lowest BCUT2D eigenvalue weighted by Crippen LogP contribution is -2.12. The highest BCUT2D eigenvalue weighted by Crippen LogP contribution is 2.33. The Morgan fingerprint density at radius 2 is 2.03 bits per heavy atom. The van der Waals surface area contributed by atoms with Crippen molar-refractivity contribution in [2.24, 2.45) is 0 Å². The van der Waals surface area contributed by atoms with Crippen LogP contribution in [0.5, 0.6) is 0 Å². The Kier molecular flexibility index (Phi) is 4.49. The number of rotatable bonds is 3. The Hall–Kier alpha value is -2.22. The molecule has 5 nitrogen and oxygen atoms in total. The number of fused-ring (bicyclic) bond motifs is 3. The number of hydrogen-bond donors (Lipinski definition) is 0. The van der Waals surface area contributed by atoms with E-state index in [1.807, 2.05) is 31.2 Å². The van der Waals surface area contributed by atoms with Gasteiger partial charge in [-0.1, -0.05) is 41.9 Å². The molecule has 1 aliphatic rings. The first kappa shape index (κ1) is 18.8.